The SMILES string of the molecule is COCCN(Cc1cccn1Cc1cccc(C(F)(F)F)c1)C(=O)CN(C(=O)c1ccc([N+](=O)[O-])cc1)C1CC1. The van der Waals surface area contributed by atoms with Gasteiger partial charge in [-0.15, -0.1) is 0 Å². The number of amides is 2. The number of nitro benzene ring substituents is 1. The topological polar surface area (TPSA) is 97.9 Å². The number of non-ortho nitro benzene ring substituents is 1. The van der Waals surface area contributed by atoms with E-state index in [1.807, 2.05) is 0 Å². The van der Waals surface area contributed by atoms with Gasteiger partial charge in [0.25, 0.3) is 11.6 Å². The molecule has 40 heavy (non-hydrogen) atoms. The van der Waals surface area contributed by atoms with Crippen LogP contribution in [0, 0.1) is 10.1 Å². The minimum absolute atomic E-state index is 0.0966. The number of rotatable bonds is 12. The Morgan fingerprint density at radius 1 is 1.10 bits per heavy atom. The van der Waals surface area contributed by atoms with Crippen LogP contribution in [0.1, 0.15) is 40.0 Å². The van der Waals surface area contributed by atoms with Crippen molar-refractivity contribution in [3.05, 3.63) is 99.4 Å². The van der Waals surface area contributed by atoms with E-state index >= 15 is 0 Å². The fourth-order valence-corrected chi connectivity index (χ4v) is 4.37. The molecule has 12 heteroatoms. The van der Waals surface area contributed by atoms with Crippen LogP contribution in [0.15, 0.2) is 66.9 Å². The fraction of sp³-hybridized carbons (Fsp3) is 0.357. The van der Waals surface area contributed by atoms with E-state index < -0.39 is 16.7 Å². The third kappa shape index (κ3) is 7.26. The average Bonchev–Trinajstić information content (AvgIpc) is 3.68. The number of hydrogen-bond donors (Lipinski definition) is 0. The standard InChI is InChI=1S/C28H29F3N4O5/c1-40-15-14-33(18-25-6-3-13-32(25)17-20-4-2-5-22(16-20)28(29,30)31)26(36)19-34(23-11-12-23)27(37)21-7-9-24(10-8-21)35(38)39/h2-10,13,16,23H,11-12,14-15,17-19H2,1H3. The summed E-state index contributed by atoms with van der Waals surface area (Å²) < 4.78 is 46.5. The molecule has 1 aliphatic carbocycles. The molecular weight excluding hydrogens is 529 g/mol. The number of nitrogens with zero attached hydrogens (tertiary/aromatic N) is 4. The van der Waals surface area contributed by atoms with E-state index in [1.165, 1.54) is 42.3 Å². The van der Waals surface area contributed by atoms with Crippen molar-refractivity contribution < 1.29 is 32.4 Å². The number of hydrogen-bond acceptors (Lipinski definition) is 5. The highest BCUT2D eigenvalue weighted by Gasteiger charge is 2.35. The van der Waals surface area contributed by atoms with Gasteiger partial charge in [0, 0.05) is 55.8 Å². The Morgan fingerprint density at radius 3 is 2.45 bits per heavy atom. The summed E-state index contributed by atoms with van der Waals surface area (Å²) in [5.41, 5.74) is 0.568. The second kappa shape index (κ2) is 12.3. The van der Waals surface area contributed by atoms with E-state index in [9.17, 15) is 32.9 Å². The summed E-state index contributed by atoms with van der Waals surface area (Å²) in [6, 6.07) is 13.8. The molecule has 0 bridgehead atoms. The molecule has 0 atom stereocenters. The third-order valence-electron chi connectivity index (χ3n) is 6.68. The van der Waals surface area contributed by atoms with Crippen LogP contribution in [0.5, 0.6) is 0 Å². The van der Waals surface area contributed by atoms with Crippen molar-refractivity contribution >= 4 is 17.5 Å². The summed E-state index contributed by atoms with van der Waals surface area (Å²) in [6.07, 6.45) is -1.20. The number of halogens is 3. The van der Waals surface area contributed by atoms with Crippen LogP contribution in [-0.2, 0) is 28.8 Å². The van der Waals surface area contributed by atoms with Gasteiger partial charge in [-0.2, -0.15) is 13.2 Å². The van der Waals surface area contributed by atoms with E-state index in [4.69, 9.17) is 4.74 Å². The first-order valence-electron chi connectivity index (χ1n) is 12.7. The van der Waals surface area contributed by atoms with Crippen molar-refractivity contribution in [3.63, 3.8) is 0 Å². The van der Waals surface area contributed by atoms with Crippen LogP contribution in [-0.4, -0.2) is 64.0 Å². The molecule has 1 saturated carbocycles. The Kier molecular flexibility index (Phi) is 8.88. The molecule has 9 nitrogen and oxygen atoms in total. The van der Waals surface area contributed by atoms with E-state index in [0.29, 0.717) is 11.3 Å². The Morgan fingerprint density at radius 2 is 1.82 bits per heavy atom. The Bertz CT molecular complexity index is 1350. The zero-order chi connectivity index (χ0) is 28.9. The van der Waals surface area contributed by atoms with Gasteiger partial charge in [0.15, 0.2) is 0 Å². The van der Waals surface area contributed by atoms with Gasteiger partial charge in [-0.05, 0) is 54.8 Å². The number of carbonyl (C=O) groups is 2. The maximum absolute atomic E-state index is 13.5. The lowest BCUT2D eigenvalue weighted by Crippen LogP contribution is -2.44. The van der Waals surface area contributed by atoms with Gasteiger partial charge in [0.05, 0.1) is 23.6 Å². The molecule has 0 aliphatic heterocycles. The lowest BCUT2D eigenvalue weighted by molar-refractivity contribution is -0.384. The summed E-state index contributed by atoms with van der Waals surface area (Å²) in [7, 11) is 1.51. The molecule has 1 aromatic heterocycles. The molecule has 212 valence electrons. The first-order chi connectivity index (χ1) is 19.1. The number of methoxy groups -OCH3 is 1. The molecule has 3 aromatic rings. The van der Waals surface area contributed by atoms with Crippen molar-refractivity contribution in [3.8, 4) is 0 Å². The molecule has 0 N–H and O–H groups in total. The smallest absolute Gasteiger partial charge is 0.383 e. The van der Waals surface area contributed by atoms with Crippen LogP contribution >= 0.6 is 0 Å². The van der Waals surface area contributed by atoms with Crippen LogP contribution in [0.3, 0.4) is 0 Å². The number of alkyl halides is 3. The molecule has 1 heterocycles. The van der Waals surface area contributed by atoms with Gasteiger partial charge in [0.2, 0.25) is 5.91 Å². The summed E-state index contributed by atoms with van der Waals surface area (Å²) in [6.45, 7) is 0.663. The van der Waals surface area contributed by atoms with Crippen LogP contribution < -0.4 is 0 Å². The van der Waals surface area contributed by atoms with Crippen molar-refractivity contribution in [1.82, 2.24) is 14.4 Å². The predicted molar refractivity (Wildman–Crippen MR) is 139 cm³/mol. The zero-order valence-electron chi connectivity index (χ0n) is 21.8. The first-order valence-corrected chi connectivity index (χ1v) is 12.7. The van der Waals surface area contributed by atoms with Gasteiger partial charge in [-0.1, -0.05) is 12.1 Å². The highest BCUT2D eigenvalue weighted by molar-refractivity contribution is 5.97. The second-order valence-electron chi connectivity index (χ2n) is 9.60. The van der Waals surface area contributed by atoms with Gasteiger partial charge >= 0.3 is 6.18 Å². The van der Waals surface area contributed by atoms with Crippen molar-refractivity contribution in [2.45, 2.75) is 38.1 Å². The minimum atomic E-state index is -4.45. The van der Waals surface area contributed by atoms with Crippen molar-refractivity contribution in [2.75, 3.05) is 26.8 Å². The molecule has 0 radical (unpaired) electrons. The molecule has 1 fully saturated rings. The molecule has 0 saturated heterocycles. The molecule has 2 aromatic carbocycles. The number of carbonyl (C=O) groups excluding carboxylic acids is 2. The molecular formula is C28H29F3N4O5. The van der Waals surface area contributed by atoms with Crippen molar-refractivity contribution in [2.24, 2.45) is 0 Å². The van der Waals surface area contributed by atoms with E-state index in [0.717, 1.165) is 25.0 Å². The average molecular weight is 559 g/mol. The number of ether oxygens (including phenoxy) is 1. The number of aromatic nitrogens is 1. The molecule has 1 aliphatic rings. The zero-order valence-corrected chi connectivity index (χ0v) is 21.8. The van der Waals surface area contributed by atoms with E-state index in [-0.39, 0.29) is 61.9 Å². The maximum atomic E-state index is 13.5. The van der Waals surface area contributed by atoms with Crippen LogP contribution in [0.2, 0.25) is 0 Å². The number of nitro groups is 1. The largest absolute Gasteiger partial charge is 0.416 e. The predicted octanol–water partition coefficient (Wildman–Crippen LogP) is 4.74. The summed E-state index contributed by atoms with van der Waals surface area (Å²) in [5.74, 6) is -0.698. The van der Waals surface area contributed by atoms with Gasteiger partial charge < -0.3 is 19.1 Å². The molecule has 0 spiro atoms. The van der Waals surface area contributed by atoms with Crippen molar-refractivity contribution in [1.29, 1.82) is 0 Å². The van der Waals surface area contributed by atoms with E-state index in [2.05, 4.69) is 0 Å². The van der Waals surface area contributed by atoms with Gasteiger partial charge in [-0.25, -0.2) is 0 Å². The quantitative estimate of drug-likeness (QED) is 0.236. The normalized spacial score (nSPS) is 13.2. The van der Waals surface area contributed by atoms with Crippen LogP contribution in [0.4, 0.5) is 18.9 Å². The van der Waals surface area contributed by atoms with Gasteiger partial charge in [0.1, 0.15) is 6.54 Å². The van der Waals surface area contributed by atoms with Gasteiger partial charge in [-0.3, -0.25) is 19.7 Å². The first kappa shape index (κ1) is 28.8. The van der Waals surface area contributed by atoms with Crippen LogP contribution in [0.25, 0.3) is 0 Å². The fourth-order valence-electron chi connectivity index (χ4n) is 4.37. The minimum Gasteiger partial charge on any atom is -0.383 e. The summed E-state index contributed by atoms with van der Waals surface area (Å²) >= 11 is 0. The summed E-state index contributed by atoms with van der Waals surface area (Å²) in [4.78, 5) is 40.2. The molecule has 2 amide bonds. The maximum Gasteiger partial charge on any atom is 0.416 e. The lowest BCUT2D eigenvalue weighted by atomic mass is 10.1. The number of benzene rings is 2. The second-order valence-corrected chi connectivity index (χ2v) is 9.60. The lowest BCUT2D eigenvalue weighted by Gasteiger charge is -2.28. The third-order valence-corrected chi connectivity index (χ3v) is 6.68. The Balaban J connectivity index is 1.49. The molecule has 4 rings (SSSR count). The molecule has 0 unspecified atom stereocenters. The Hall–Kier alpha value is -4.19. The summed E-state index contributed by atoms with van der Waals surface area (Å²) in [5, 5.41) is 11.0. The monoisotopic (exact) mass is 558 g/mol. The highest BCUT2D eigenvalue weighted by Crippen LogP contribution is 2.30. The van der Waals surface area contributed by atoms with E-state index in [1.54, 1.807) is 33.9 Å². The highest BCUT2D eigenvalue weighted by atomic mass is 19.4. The Labute approximate surface area is 228 Å².